The molecule has 3 nitrogen and oxygen atoms in total. The molecule has 1 aliphatic rings. The molecule has 1 aromatic carbocycles. The number of methoxy groups -OCH3 is 1. The number of rotatable bonds is 1. The largest absolute Gasteiger partial charge is 0.496 e. The van der Waals surface area contributed by atoms with Gasteiger partial charge in [0.05, 0.1) is 17.6 Å². The summed E-state index contributed by atoms with van der Waals surface area (Å²) in [5, 5.41) is 0. The number of hydrogen-bond acceptors (Lipinski definition) is 4. The summed E-state index contributed by atoms with van der Waals surface area (Å²) in [4.78, 5) is 12.5. The normalized spacial score (nSPS) is 15.1. The molecule has 1 heterocycles. The Kier molecular flexibility index (Phi) is 2.37. The molecular weight excluding hydrogens is 198 g/mol. The first kappa shape index (κ1) is 9.40. The van der Waals surface area contributed by atoms with Crippen LogP contribution in [0.3, 0.4) is 0 Å². The van der Waals surface area contributed by atoms with Crippen molar-refractivity contribution in [3.63, 3.8) is 0 Å². The number of hydrogen-bond donors (Lipinski definition) is 1. The van der Waals surface area contributed by atoms with Gasteiger partial charge in [0, 0.05) is 17.9 Å². The molecule has 0 atom stereocenters. The zero-order valence-electron chi connectivity index (χ0n) is 7.87. The lowest BCUT2D eigenvalue weighted by atomic mass is 10.1. The molecule has 2 rings (SSSR count). The zero-order valence-corrected chi connectivity index (χ0v) is 8.69. The number of nitrogen functional groups attached to an aromatic ring is 1. The maximum Gasteiger partial charge on any atom is 0.167 e. The Hall–Kier alpha value is -1.16. The highest BCUT2D eigenvalue weighted by Gasteiger charge is 2.23. The average Bonchev–Trinajstić information content (AvgIpc) is 2.18. The van der Waals surface area contributed by atoms with Gasteiger partial charge in [-0.25, -0.2) is 0 Å². The van der Waals surface area contributed by atoms with E-state index >= 15 is 0 Å². The maximum absolute atomic E-state index is 11.6. The molecule has 0 saturated carbocycles. The first-order chi connectivity index (χ1) is 6.74. The molecule has 0 amide bonds. The fourth-order valence-corrected chi connectivity index (χ4v) is 2.70. The number of ether oxygens (including phenoxy) is 1. The second-order valence-corrected chi connectivity index (χ2v) is 4.19. The van der Waals surface area contributed by atoms with Crippen LogP contribution in [0, 0.1) is 0 Å². The van der Waals surface area contributed by atoms with Gasteiger partial charge in [-0.2, -0.15) is 0 Å². The van der Waals surface area contributed by atoms with Gasteiger partial charge in [0.15, 0.2) is 5.78 Å². The van der Waals surface area contributed by atoms with Gasteiger partial charge in [0.25, 0.3) is 0 Å². The Morgan fingerprint density at radius 3 is 3.00 bits per heavy atom. The second-order valence-electron chi connectivity index (χ2n) is 3.08. The van der Waals surface area contributed by atoms with Gasteiger partial charge >= 0.3 is 0 Å². The molecule has 0 aliphatic carbocycles. The van der Waals surface area contributed by atoms with Crippen LogP contribution in [0.5, 0.6) is 5.75 Å². The summed E-state index contributed by atoms with van der Waals surface area (Å²) >= 11 is 1.63. The van der Waals surface area contributed by atoms with Crippen LogP contribution in [0.4, 0.5) is 5.69 Å². The van der Waals surface area contributed by atoms with Crippen molar-refractivity contribution >= 4 is 23.2 Å². The molecule has 0 fully saturated rings. The summed E-state index contributed by atoms with van der Waals surface area (Å²) < 4.78 is 5.19. The molecule has 14 heavy (non-hydrogen) atoms. The number of carbonyl (C=O) groups excluding carboxylic acids is 1. The van der Waals surface area contributed by atoms with E-state index in [2.05, 4.69) is 0 Å². The highest BCUT2D eigenvalue weighted by Crippen LogP contribution is 2.40. The quantitative estimate of drug-likeness (QED) is 0.718. The van der Waals surface area contributed by atoms with Crippen molar-refractivity contribution in [2.24, 2.45) is 0 Å². The Morgan fingerprint density at radius 1 is 1.50 bits per heavy atom. The van der Waals surface area contributed by atoms with Gasteiger partial charge in [-0.1, -0.05) is 0 Å². The number of nitrogens with two attached hydrogens (primary N) is 1. The van der Waals surface area contributed by atoms with Gasteiger partial charge in [-0.15, -0.1) is 11.8 Å². The van der Waals surface area contributed by atoms with Crippen LogP contribution >= 0.6 is 11.8 Å². The minimum Gasteiger partial charge on any atom is -0.496 e. The smallest absolute Gasteiger partial charge is 0.167 e. The third-order valence-electron chi connectivity index (χ3n) is 2.23. The first-order valence-corrected chi connectivity index (χ1v) is 5.35. The number of carbonyl (C=O) groups is 1. The molecule has 4 heteroatoms. The lowest BCUT2D eigenvalue weighted by molar-refractivity contribution is 0.0985. The van der Waals surface area contributed by atoms with E-state index in [9.17, 15) is 4.79 Å². The standard InChI is InChI=1S/C10H11NO2S/c1-13-8-3-2-6(11)9-7(12)4-5-14-10(8)9/h2-3H,4-5,11H2,1H3. The number of thioether (sulfide) groups is 1. The van der Waals surface area contributed by atoms with Crippen LogP contribution in [0.25, 0.3) is 0 Å². The molecule has 0 saturated heterocycles. The number of benzene rings is 1. The summed E-state index contributed by atoms with van der Waals surface area (Å²) in [6.45, 7) is 0. The highest BCUT2D eigenvalue weighted by atomic mass is 32.2. The van der Waals surface area contributed by atoms with E-state index in [0.29, 0.717) is 17.7 Å². The lowest BCUT2D eigenvalue weighted by Gasteiger charge is -2.18. The fourth-order valence-electron chi connectivity index (χ4n) is 1.54. The van der Waals surface area contributed by atoms with Crippen molar-refractivity contribution in [1.29, 1.82) is 0 Å². The number of anilines is 1. The third-order valence-corrected chi connectivity index (χ3v) is 3.33. The molecule has 0 radical (unpaired) electrons. The van der Waals surface area contributed by atoms with E-state index < -0.39 is 0 Å². The van der Waals surface area contributed by atoms with E-state index in [-0.39, 0.29) is 5.78 Å². The summed E-state index contributed by atoms with van der Waals surface area (Å²) in [5.41, 5.74) is 6.96. The molecule has 2 N–H and O–H groups in total. The van der Waals surface area contributed by atoms with E-state index in [0.717, 1.165) is 16.4 Å². The molecule has 1 aromatic rings. The lowest BCUT2D eigenvalue weighted by Crippen LogP contribution is -2.12. The van der Waals surface area contributed by atoms with Gasteiger partial charge < -0.3 is 10.5 Å². The first-order valence-electron chi connectivity index (χ1n) is 4.36. The predicted octanol–water partition coefficient (Wildman–Crippen LogP) is 1.96. The summed E-state index contributed by atoms with van der Waals surface area (Å²) in [6, 6.07) is 3.53. The van der Waals surface area contributed by atoms with Crippen molar-refractivity contribution in [2.45, 2.75) is 11.3 Å². The second kappa shape index (κ2) is 3.53. The maximum atomic E-state index is 11.6. The van der Waals surface area contributed by atoms with Crippen LogP contribution in [0.1, 0.15) is 16.8 Å². The van der Waals surface area contributed by atoms with Crippen molar-refractivity contribution in [3.8, 4) is 5.75 Å². The Bertz CT molecular complexity index is 390. The number of Topliss-reactive ketones (excluding diaryl/α,β-unsaturated/α-hetero) is 1. The van der Waals surface area contributed by atoms with E-state index in [1.165, 1.54) is 0 Å². The fraction of sp³-hybridized carbons (Fsp3) is 0.300. The van der Waals surface area contributed by atoms with Gasteiger partial charge in [0.1, 0.15) is 5.75 Å². The minimum atomic E-state index is 0.121. The molecular formula is C10H11NO2S. The molecule has 0 bridgehead atoms. The van der Waals surface area contributed by atoms with Crippen molar-refractivity contribution in [2.75, 3.05) is 18.6 Å². The van der Waals surface area contributed by atoms with Crippen molar-refractivity contribution in [3.05, 3.63) is 17.7 Å². The topological polar surface area (TPSA) is 52.3 Å². The molecule has 0 aromatic heterocycles. The third kappa shape index (κ3) is 1.35. The van der Waals surface area contributed by atoms with Gasteiger partial charge in [-0.3, -0.25) is 4.79 Å². The van der Waals surface area contributed by atoms with Crippen LogP contribution in [0.15, 0.2) is 17.0 Å². The molecule has 1 aliphatic heterocycles. The average molecular weight is 209 g/mol. The van der Waals surface area contributed by atoms with Crippen LogP contribution in [-0.4, -0.2) is 18.6 Å². The Labute approximate surface area is 86.6 Å². The zero-order chi connectivity index (χ0) is 10.1. The SMILES string of the molecule is COc1ccc(N)c2c1SCCC2=O. The molecule has 0 spiro atoms. The predicted molar refractivity (Wildman–Crippen MR) is 57.1 cm³/mol. The Balaban J connectivity index is 2.63. The van der Waals surface area contributed by atoms with Crippen molar-refractivity contribution in [1.82, 2.24) is 0 Å². The van der Waals surface area contributed by atoms with Gasteiger partial charge in [-0.05, 0) is 12.1 Å². The van der Waals surface area contributed by atoms with E-state index in [1.807, 2.05) is 0 Å². The summed E-state index contributed by atoms with van der Waals surface area (Å²) in [6.07, 6.45) is 0.565. The highest BCUT2D eigenvalue weighted by molar-refractivity contribution is 7.99. The van der Waals surface area contributed by atoms with Crippen LogP contribution < -0.4 is 10.5 Å². The summed E-state index contributed by atoms with van der Waals surface area (Å²) in [7, 11) is 1.60. The van der Waals surface area contributed by atoms with E-state index in [4.69, 9.17) is 10.5 Å². The van der Waals surface area contributed by atoms with Crippen LogP contribution in [0.2, 0.25) is 0 Å². The molecule has 0 unspecified atom stereocenters. The summed E-state index contributed by atoms with van der Waals surface area (Å²) in [5.74, 6) is 1.67. The van der Waals surface area contributed by atoms with Gasteiger partial charge in [0.2, 0.25) is 0 Å². The monoisotopic (exact) mass is 209 g/mol. The number of fused-ring (bicyclic) bond motifs is 1. The number of ketones is 1. The minimum absolute atomic E-state index is 0.121. The van der Waals surface area contributed by atoms with Crippen molar-refractivity contribution < 1.29 is 9.53 Å². The van der Waals surface area contributed by atoms with Crippen LogP contribution in [-0.2, 0) is 0 Å². The molecule has 74 valence electrons. The van der Waals surface area contributed by atoms with E-state index in [1.54, 1.807) is 31.0 Å². The Morgan fingerprint density at radius 2 is 2.29 bits per heavy atom.